The number of hydrogen-bond donors (Lipinski definition) is 1. The number of likely N-dealkylation sites (N-methyl/N-ethyl adjacent to an activating group) is 1. The second-order valence-electron chi connectivity index (χ2n) is 7.91. The normalized spacial score (nSPS) is 14.1. The Morgan fingerprint density at radius 2 is 1.64 bits per heavy atom. The zero-order chi connectivity index (χ0) is 19.3. The average Bonchev–Trinajstić information content (AvgIpc) is 2.46. The summed E-state index contributed by atoms with van der Waals surface area (Å²) in [6.45, 7) is 2.55. The molecule has 0 bridgehead atoms. The van der Waals surface area contributed by atoms with Gasteiger partial charge in [0.05, 0.1) is 27.2 Å². The lowest BCUT2D eigenvalue weighted by Gasteiger charge is -2.29. The van der Waals surface area contributed by atoms with Gasteiger partial charge in [-0.1, -0.05) is 39.0 Å². The highest BCUT2D eigenvalue weighted by Gasteiger charge is 2.22. The van der Waals surface area contributed by atoms with E-state index in [9.17, 15) is 19.8 Å². The van der Waals surface area contributed by atoms with Gasteiger partial charge in [-0.25, -0.2) is 0 Å². The highest BCUT2D eigenvalue weighted by Crippen LogP contribution is 2.12. The molecular weight excluding hydrogens is 322 g/mol. The van der Waals surface area contributed by atoms with Crippen LogP contribution in [0.2, 0.25) is 0 Å². The summed E-state index contributed by atoms with van der Waals surface area (Å²) in [5, 5.41) is 20.6. The van der Waals surface area contributed by atoms with E-state index in [2.05, 4.69) is 6.92 Å². The quantitative estimate of drug-likeness (QED) is 0.273. The summed E-state index contributed by atoms with van der Waals surface area (Å²) >= 11 is 0. The number of carbonyl (C=O) groups excluding carboxylic acids is 2. The van der Waals surface area contributed by atoms with Gasteiger partial charge >= 0.3 is 5.97 Å². The van der Waals surface area contributed by atoms with Gasteiger partial charge in [-0.3, -0.25) is 4.79 Å². The van der Waals surface area contributed by atoms with Gasteiger partial charge in [0.25, 0.3) is 0 Å². The van der Waals surface area contributed by atoms with Gasteiger partial charge in [-0.2, -0.15) is 0 Å². The standard InChI is InChI=1S/C19H37NO5/c1-5-6-11-16(21)12-9-7-8-10-13-19(24)25-17(14-18(22)23)15-20(2,3)4/h16-17,21H,5-15H2,1-4H3. The SMILES string of the molecule is CCCCC(O)CCCCCCC(=O)OC(CC(=O)[O-])C[N+](C)(C)C. The van der Waals surface area contributed by atoms with Crippen molar-refractivity contribution >= 4 is 11.9 Å². The molecule has 2 unspecified atom stereocenters. The highest BCUT2D eigenvalue weighted by molar-refractivity contribution is 5.70. The Labute approximate surface area is 152 Å². The first kappa shape index (κ1) is 23.9. The maximum atomic E-state index is 11.9. The molecule has 6 heteroatoms. The fourth-order valence-corrected chi connectivity index (χ4v) is 2.77. The molecule has 148 valence electrons. The number of aliphatic hydroxyl groups excluding tert-OH is 1. The molecule has 0 aromatic carbocycles. The molecule has 1 N–H and O–H groups in total. The number of aliphatic carboxylic acids is 1. The Morgan fingerprint density at radius 3 is 2.20 bits per heavy atom. The van der Waals surface area contributed by atoms with Gasteiger partial charge in [-0.05, 0) is 19.3 Å². The Kier molecular flexibility index (Phi) is 12.5. The number of unbranched alkanes of at least 4 members (excludes halogenated alkanes) is 4. The molecular formula is C19H37NO5. The van der Waals surface area contributed by atoms with Crippen LogP contribution in [-0.4, -0.2) is 61.4 Å². The van der Waals surface area contributed by atoms with Crippen LogP contribution in [0.1, 0.15) is 71.1 Å². The number of aliphatic hydroxyl groups is 1. The van der Waals surface area contributed by atoms with Gasteiger partial charge in [0.2, 0.25) is 0 Å². The van der Waals surface area contributed by atoms with E-state index in [1.54, 1.807) is 0 Å². The van der Waals surface area contributed by atoms with E-state index in [4.69, 9.17) is 4.74 Å². The molecule has 6 nitrogen and oxygen atoms in total. The summed E-state index contributed by atoms with van der Waals surface area (Å²) < 4.78 is 5.83. The van der Waals surface area contributed by atoms with Gasteiger partial charge in [0.1, 0.15) is 6.54 Å². The summed E-state index contributed by atoms with van der Waals surface area (Å²) in [6, 6.07) is 0. The summed E-state index contributed by atoms with van der Waals surface area (Å²) in [5.74, 6) is -1.55. The topological polar surface area (TPSA) is 86.7 Å². The number of carboxylic acids is 1. The van der Waals surface area contributed by atoms with Gasteiger partial charge in [-0.15, -0.1) is 0 Å². The van der Waals surface area contributed by atoms with Gasteiger partial charge in [0, 0.05) is 18.8 Å². The van der Waals surface area contributed by atoms with Gasteiger partial charge in [0.15, 0.2) is 6.10 Å². The lowest BCUT2D eigenvalue weighted by atomic mass is 10.0. The van der Waals surface area contributed by atoms with Crippen LogP contribution in [0.3, 0.4) is 0 Å². The fourth-order valence-electron chi connectivity index (χ4n) is 2.77. The molecule has 0 aliphatic heterocycles. The molecule has 0 aromatic rings. The van der Waals surface area contributed by atoms with E-state index >= 15 is 0 Å². The van der Waals surface area contributed by atoms with Crippen LogP contribution in [0, 0.1) is 0 Å². The molecule has 0 heterocycles. The van der Waals surface area contributed by atoms with E-state index < -0.39 is 12.1 Å². The predicted octanol–water partition coefficient (Wildman–Crippen LogP) is 1.64. The third-order valence-electron chi connectivity index (χ3n) is 4.00. The van der Waals surface area contributed by atoms with E-state index in [-0.39, 0.29) is 18.5 Å². The first-order valence-corrected chi connectivity index (χ1v) is 9.52. The minimum absolute atomic E-state index is 0.203. The second kappa shape index (κ2) is 13.1. The van der Waals surface area contributed by atoms with Crippen molar-refractivity contribution in [1.29, 1.82) is 0 Å². The van der Waals surface area contributed by atoms with E-state index in [1.165, 1.54) is 0 Å². The monoisotopic (exact) mass is 359 g/mol. The fraction of sp³-hybridized carbons (Fsp3) is 0.895. The van der Waals surface area contributed by atoms with Crippen LogP contribution in [0.15, 0.2) is 0 Å². The minimum atomic E-state index is -1.20. The van der Waals surface area contributed by atoms with Crippen LogP contribution in [-0.2, 0) is 14.3 Å². The van der Waals surface area contributed by atoms with Crippen molar-refractivity contribution in [3.63, 3.8) is 0 Å². The first-order chi connectivity index (χ1) is 11.6. The molecule has 0 fully saturated rings. The maximum absolute atomic E-state index is 11.9. The molecule has 0 rings (SSSR count). The number of quaternary nitrogens is 1. The Bertz CT molecular complexity index is 379. The van der Waals surface area contributed by atoms with Crippen molar-refractivity contribution < 1.29 is 29.0 Å². The molecule has 0 spiro atoms. The lowest BCUT2D eigenvalue weighted by Crippen LogP contribution is -2.45. The zero-order valence-corrected chi connectivity index (χ0v) is 16.5. The highest BCUT2D eigenvalue weighted by atomic mass is 16.5. The number of hydrogen-bond acceptors (Lipinski definition) is 5. The number of ether oxygens (including phenoxy) is 1. The first-order valence-electron chi connectivity index (χ1n) is 9.52. The van der Waals surface area contributed by atoms with Crippen molar-refractivity contribution in [1.82, 2.24) is 0 Å². The molecule has 0 aliphatic carbocycles. The molecule has 2 atom stereocenters. The molecule has 0 saturated heterocycles. The van der Waals surface area contributed by atoms with Crippen LogP contribution in [0.5, 0.6) is 0 Å². The van der Waals surface area contributed by atoms with Crippen LogP contribution in [0.4, 0.5) is 0 Å². The van der Waals surface area contributed by atoms with Crippen molar-refractivity contribution in [3.05, 3.63) is 0 Å². The average molecular weight is 360 g/mol. The number of carboxylic acid groups (broad SMARTS) is 1. The number of rotatable bonds is 15. The van der Waals surface area contributed by atoms with Crippen LogP contribution in [0.25, 0.3) is 0 Å². The van der Waals surface area contributed by atoms with Crippen molar-refractivity contribution in [2.45, 2.75) is 83.3 Å². The maximum Gasteiger partial charge on any atom is 0.306 e. The molecule has 0 aliphatic rings. The summed E-state index contributed by atoms with van der Waals surface area (Å²) in [7, 11) is 5.77. The number of nitrogens with zero attached hydrogens (tertiary/aromatic N) is 1. The molecule has 0 amide bonds. The Balaban J connectivity index is 3.90. The summed E-state index contributed by atoms with van der Waals surface area (Å²) in [5.41, 5.74) is 0. The number of esters is 1. The zero-order valence-electron chi connectivity index (χ0n) is 16.5. The minimum Gasteiger partial charge on any atom is -0.550 e. The molecule has 25 heavy (non-hydrogen) atoms. The van der Waals surface area contributed by atoms with Crippen LogP contribution < -0.4 is 5.11 Å². The predicted molar refractivity (Wildman–Crippen MR) is 95.6 cm³/mol. The number of carbonyl (C=O) groups is 2. The van der Waals surface area contributed by atoms with E-state index in [1.807, 2.05) is 21.1 Å². The largest absolute Gasteiger partial charge is 0.550 e. The lowest BCUT2D eigenvalue weighted by molar-refractivity contribution is -0.873. The van der Waals surface area contributed by atoms with E-state index in [0.29, 0.717) is 17.4 Å². The molecule has 0 radical (unpaired) electrons. The van der Waals surface area contributed by atoms with Crippen LogP contribution >= 0.6 is 0 Å². The third-order valence-corrected chi connectivity index (χ3v) is 4.00. The van der Waals surface area contributed by atoms with Gasteiger partial charge < -0.3 is 24.2 Å². The third kappa shape index (κ3) is 16.1. The molecule has 0 saturated carbocycles. The Hall–Kier alpha value is -1.14. The van der Waals surface area contributed by atoms with Crippen molar-refractivity contribution in [2.75, 3.05) is 27.7 Å². The molecule has 0 aromatic heterocycles. The smallest absolute Gasteiger partial charge is 0.306 e. The Morgan fingerprint density at radius 1 is 1.04 bits per heavy atom. The van der Waals surface area contributed by atoms with E-state index in [0.717, 1.165) is 51.4 Å². The second-order valence-corrected chi connectivity index (χ2v) is 7.91. The van der Waals surface area contributed by atoms with Crippen molar-refractivity contribution in [2.24, 2.45) is 0 Å². The summed E-state index contributed by atoms with van der Waals surface area (Å²) in [6.07, 6.45) is 6.64. The van der Waals surface area contributed by atoms with Crippen molar-refractivity contribution in [3.8, 4) is 0 Å². The summed E-state index contributed by atoms with van der Waals surface area (Å²) in [4.78, 5) is 22.7.